The highest BCUT2D eigenvalue weighted by atomic mass is 35.5. The van der Waals surface area contributed by atoms with E-state index < -0.39 is 33.9 Å². The van der Waals surface area contributed by atoms with E-state index in [1.807, 2.05) is 0 Å². The first-order valence-electron chi connectivity index (χ1n) is 8.69. The Morgan fingerprint density at radius 1 is 1.31 bits per heavy atom. The molecule has 1 N–H and O–H groups in total. The Balaban J connectivity index is 1.59. The van der Waals surface area contributed by atoms with Crippen LogP contribution in [0.3, 0.4) is 0 Å². The minimum Gasteiger partial charge on any atom is -0.493 e. The molecule has 7 nitrogen and oxygen atoms in total. The van der Waals surface area contributed by atoms with Crippen LogP contribution in [0.4, 0.5) is 13.2 Å². The molecule has 160 valence electrons. The predicted octanol–water partition coefficient (Wildman–Crippen LogP) is 2.79. The smallest absolute Gasteiger partial charge is 0.404 e. The van der Waals surface area contributed by atoms with Gasteiger partial charge in [-0.2, -0.15) is 18.3 Å². The average molecular weight is 454 g/mol. The van der Waals surface area contributed by atoms with Gasteiger partial charge < -0.3 is 9.47 Å². The molecular weight excluding hydrogens is 435 g/mol. The molecule has 1 saturated heterocycles. The highest BCUT2D eigenvalue weighted by Crippen LogP contribution is 2.22. The number of benzene rings is 1. The number of ether oxygens (including phenoxy) is 2. The number of alkyl halides is 3. The molecule has 12 heteroatoms. The lowest BCUT2D eigenvalue weighted by molar-refractivity contribution is -0.106. The molecule has 0 spiro atoms. The quantitative estimate of drug-likeness (QED) is 0.697. The van der Waals surface area contributed by atoms with E-state index in [4.69, 9.17) is 21.1 Å². The summed E-state index contributed by atoms with van der Waals surface area (Å²) in [5.41, 5.74) is 0.767. The summed E-state index contributed by atoms with van der Waals surface area (Å²) in [6.07, 6.45) is -1.38. The van der Waals surface area contributed by atoms with E-state index >= 15 is 0 Å². The molecule has 29 heavy (non-hydrogen) atoms. The Labute approximate surface area is 170 Å². The van der Waals surface area contributed by atoms with Gasteiger partial charge >= 0.3 is 6.18 Å². The standard InChI is InChI=1S/C17H19ClF3N3O4S/c18-13-7-22-24(8-13)14-1-3-15(4-2-14)28-10-12-9-27-6-5-16(12)23-29(25,26)11-17(19,20)21/h1-4,7-8,12,16,23H,5-6,9-11H2/t12-,16+/m1/s1. The number of hydrogen-bond donors (Lipinski definition) is 1. The SMILES string of the molecule is O=S(=O)(CC(F)(F)F)N[C@H]1CCOC[C@@H]1COc1ccc(-n2cc(Cl)cn2)cc1. The van der Waals surface area contributed by atoms with E-state index in [1.54, 1.807) is 35.1 Å². The fraction of sp³-hybridized carbons (Fsp3) is 0.471. The van der Waals surface area contributed by atoms with Crippen molar-refractivity contribution in [2.45, 2.75) is 18.6 Å². The minimum atomic E-state index is -4.80. The van der Waals surface area contributed by atoms with Crippen LogP contribution in [0, 0.1) is 5.92 Å². The summed E-state index contributed by atoms with van der Waals surface area (Å²) < 4.78 is 75.7. The van der Waals surface area contributed by atoms with Crippen molar-refractivity contribution in [3.8, 4) is 11.4 Å². The molecular formula is C17H19ClF3N3O4S. The van der Waals surface area contributed by atoms with Gasteiger partial charge in [-0.05, 0) is 30.7 Å². The summed E-state index contributed by atoms with van der Waals surface area (Å²) in [5, 5.41) is 4.59. The average Bonchev–Trinajstić information content (AvgIpc) is 3.05. The zero-order valence-electron chi connectivity index (χ0n) is 15.1. The minimum absolute atomic E-state index is 0.0894. The molecule has 0 bridgehead atoms. The predicted molar refractivity (Wildman–Crippen MR) is 99.8 cm³/mol. The Morgan fingerprint density at radius 3 is 2.66 bits per heavy atom. The molecule has 0 radical (unpaired) electrons. The number of hydrogen-bond acceptors (Lipinski definition) is 5. The molecule has 0 unspecified atom stereocenters. The Hall–Kier alpha value is -1.82. The first-order chi connectivity index (χ1) is 13.6. The summed E-state index contributed by atoms with van der Waals surface area (Å²) in [4.78, 5) is 0. The largest absolute Gasteiger partial charge is 0.493 e. The summed E-state index contributed by atoms with van der Waals surface area (Å²) in [5.74, 6) is -1.81. The van der Waals surface area contributed by atoms with Gasteiger partial charge in [0.15, 0.2) is 5.75 Å². The number of sulfonamides is 1. The van der Waals surface area contributed by atoms with E-state index in [0.717, 1.165) is 5.69 Å². The first-order valence-corrected chi connectivity index (χ1v) is 10.7. The first kappa shape index (κ1) is 21.9. The van der Waals surface area contributed by atoms with Gasteiger partial charge in [0.2, 0.25) is 10.0 Å². The van der Waals surface area contributed by atoms with Crippen molar-refractivity contribution in [2.75, 3.05) is 25.6 Å². The second-order valence-corrected chi connectivity index (χ2v) is 8.82. The molecule has 0 amide bonds. The van der Waals surface area contributed by atoms with Crippen molar-refractivity contribution in [3.63, 3.8) is 0 Å². The maximum Gasteiger partial charge on any atom is 0.404 e. The maximum absolute atomic E-state index is 12.4. The Kier molecular flexibility index (Phi) is 6.72. The molecule has 2 atom stereocenters. The lowest BCUT2D eigenvalue weighted by Crippen LogP contribution is -2.49. The van der Waals surface area contributed by atoms with E-state index in [0.29, 0.717) is 10.8 Å². The fourth-order valence-electron chi connectivity index (χ4n) is 2.94. The van der Waals surface area contributed by atoms with E-state index in [1.165, 1.54) is 6.20 Å². The third-order valence-corrected chi connectivity index (χ3v) is 5.84. The van der Waals surface area contributed by atoms with Crippen molar-refractivity contribution >= 4 is 21.6 Å². The summed E-state index contributed by atoms with van der Waals surface area (Å²) in [6.45, 7) is 0.534. The van der Waals surface area contributed by atoms with Gasteiger partial charge in [0.25, 0.3) is 0 Å². The van der Waals surface area contributed by atoms with Gasteiger partial charge in [-0.25, -0.2) is 17.8 Å². The number of rotatable bonds is 7. The molecule has 2 heterocycles. The summed E-state index contributed by atoms with van der Waals surface area (Å²) in [6, 6.07) is 6.25. The van der Waals surface area contributed by atoms with E-state index in [2.05, 4.69) is 9.82 Å². The molecule has 1 aromatic heterocycles. The van der Waals surface area contributed by atoms with Gasteiger partial charge in [0.05, 0.1) is 30.1 Å². The molecule has 0 saturated carbocycles. The number of aromatic nitrogens is 2. The van der Waals surface area contributed by atoms with Crippen molar-refractivity contribution in [1.82, 2.24) is 14.5 Å². The van der Waals surface area contributed by atoms with Crippen LogP contribution in [0.15, 0.2) is 36.7 Å². The summed E-state index contributed by atoms with van der Waals surface area (Å²) in [7, 11) is -4.50. The monoisotopic (exact) mass is 453 g/mol. The highest BCUT2D eigenvalue weighted by Gasteiger charge is 2.38. The zero-order valence-corrected chi connectivity index (χ0v) is 16.7. The molecule has 3 rings (SSSR count). The molecule has 1 fully saturated rings. The molecule has 0 aliphatic carbocycles. The van der Waals surface area contributed by atoms with Gasteiger partial charge in [0, 0.05) is 24.8 Å². The second kappa shape index (κ2) is 8.90. The van der Waals surface area contributed by atoms with Crippen LogP contribution in [-0.2, 0) is 14.8 Å². The van der Waals surface area contributed by atoms with Crippen molar-refractivity contribution in [2.24, 2.45) is 5.92 Å². The fourth-order valence-corrected chi connectivity index (χ4v) is 4.37. The van der Waals surface area contributed by atoms with Crippen LogP contribution >= 0.6 is 11.6 Å². The van der Waals surface area contributed by atoms with Crippen LogP contribution in [0.5, 0.6) is 5.75 Å². The molecule has 1 aromatic carbocycles. The van der Waals surface area contributed by atoms with E-state index in [9.17, 15) is 21.6 Å². The van der Waals surface area contributed by atoms with E-state index in [-0.39, 0.29) is 26.2 Å². The molecule has 2 aromatic rings. The van der Waals surface area contributed by atoms with Crippen LogP contribution in [-0.4, -0.2) is 56.0 Å². The van der Waals surface area contributed by atoms with Crippen molar-refractivity contribution < 1.29 is 31.1 Å². The van der Waals surface area contributed by atoms with Gasteiger partial charge in [0.1, 0.15) is 5.75 Å². The molecule has 1 aliphatic rings. The highest BCUT2D eigenvalue weighted by molar-refractivity contribution is 7.89. The number of halogens is 4. The Bertz CT molecular complexity index is 919. The summed E-state index contributed by atoms with van der Waals surface area (Å²) >= 11 is 5.84. The lowest BCUT2D eigenvalue weighted by atomic mass is 9.98. The lowest BCUT2D eigenvalue weighted by Gasteiger charge is -2.31. The van der Waals surface area contributed by atoms with Gasteiger partial charge in [-0.15, -0.1) is 0 Å². The molecule has 1 aliphatic heterocycles. The third-order valence-electron chi connectivity index (χ3n) is 4.28. The van der Waals surface area contributed by atoms with Crippen molar-refractivity contribution in [1.29, 1.82) is 0 Å². The second-order valence-electron chi connectivity index (χ2n) is 6.63. The topological polar surface area (TPSA) is 82.5 Å². The zero-order chi connectivity index (χ0) is 21.1. The normalized spacial score (nSPS) is 20.6. The van der Waals surface area contributed by atoms with Crippen LogP contribution in [0.1, 0.15) is 6.42 Å². The number of nitrogens with zero attached hydrogens (tertiary/aromatic N) is 2. The van der Waals surface area contributed by atoms with Crippen LogP contribution in [0.25, 0.3) is 5.69 Å². The van der Waals surface area contributed by atoms with Gasteiger partial charge in [-0.3, -0.25) is 0 Å². The van der Waals surface area contributed by atoms with Gasteiger partial charge in [-0.1, -0.05) is 11.6 Å². The number of nitrogens with one attached hydrogen (secondary N) is 1. The van der Waals surface area contributed by atoms with Crippen LogP contribution < -0.4 is 9.46 Å². The third kappa shape index (κ3) is 6.59. The van der Waals surface area contributed by atoms with Crippen LogP contribution in [0.2, 0.25) is 5.02 Å². The Morgan fingerprint density at radius 2 is 2.03 bits per heavy atom. The maximum atomic E-state index is 12.4. The van der Waals surface area contributed by atoms with Crippen molar-refractivity contribution in [3.05, 3.63) is 41.7 Å².